The fourth-order valence-electron chi connectivity index (χ4n) is 2.38. The fraction of sp³-hybridized carbons (Fsp3) is 0.429. The Morgan fingerprint density at radius 3 is 2.65 bits per heavy atom. The molecule has 7 nitrogen and oxygen atoms in total. The first-order valence-corrected chi connectivity index (χ1v) is 8.54. The number of aliphatic carboxylic acids is 1. The Labute approximate surface area is 133 Å². The van der Waals surface area contributed by atoms with Gasteiger partial charge in [0, 0.05) is 26.1 Å². The summed E-state index contributed by atoms with van der Waals surface area (Å²) in [6, 6.07) is 4.95. The molecular formula is C14H17FN2O5S. The summed E-state index contributed by atoms with van der Waals surface area (Å²) in [5.41, 5.74) is 0. The van der Waals surface area contributed by atoms with Crippen LogP contribution in [0, 0.1) is 11.7 Å². The summed E-state index contributed by atoms with van der Waals surface area (Å²) >= 11 is 0. The molecule has 1 aliphatic heterocycles. The van der Waals surface area contributed by atoms with E-state index in [1.54, 1.807) is 0 Å². The third-order valence-corrected chi connectivity index (χ3v) is 5.14. The SMILES string of the molecule is O=C(O)C1CCN(C(=O)CCNS(=O)(=O)c2ccccc2F)C1. The lowest BCUT2D eigenvalue weighted by atomic mass is 10.1. The second-order valence-corrected chi connectivity index (χ2v) is 6.98. The zero-order valence-electron chi connectivity index (χ0n) is 12.2. The van der Waals surface area contributed by atoms with Gasteiger partial charge in [0.15, 0.2) is 0 Å². The smallest absolute Gasteiger partial charge is 0.308 e. The maximum atomic E-state index is 13.5. The van der Waals surface area contributed by atoms with E-state index in [4.69, 9.17) is 5.11 Å². The van der Waals surface area contributed by atoms with Crippen molar-refractivity contribution in [3.63, 3.8) is 0 Å². The second kappa shape index (κ2) is 7.05. The Morgan fingerprint density at radius 1 is 1.35 bits per heavy atom. The topological polar surface area (TPSA) is 104 Å². The van der Waals surface area contributed by atoms with Gasteiger partial charge in [-0.1, -0.05) is 12.1 Å². The van der Waals surface area contributed by atoms with Crippen molar-refractivity contribution in [2.75, 3.05) is 19.6 Å². The number of sulfonamides is 1. The van der Waals surface area contributed by atoms with E-state index >= 15 is 0 Å². The van der Waals surface area contributed by atoms with E-state index in [9.17, 15) is 22.4 Å². The minimum Gasteiger partial charge on any atom is -0.481 e. The Kier molecular flexibility index (Phi) is 5.32. The minimum atomic E-state index is -4.02. The molecule has 0 radical (unpaired) electrons. The van der Waals surface area contributed by atoms with Crippen LogP contribution in [-0.4, -0.2) is 49.9 Å². The maximum absolute atomic E-state index is 13.5. The number of nitrogens with one attached hydrogen (secondary N) is 1. The van der Waals surface area contributed by atoms with Crippen LogP contribution in [0.5, 0.6) is 0 Å². The van der Waals surface area contributed by atoms with Gasteiger partial charge in [-0.25, -0.2) is 17.5 Å². The van der Waals surface area contributed by atoms with Crippen LogP contribution < -0.4 is 4.72 Å². The van der Waals surface area contributed by atoms with E-state index in [1.807, 2.05) is 0 Å². The van der Waals surface area contributed by atoms with Crippen LogP contribution in [0.25, 0.3) is 0 Å². The molecule has 1 aromatic carbocycles. The lowest BCUT2D eigenvalue weighted by Crippen LogP contribution is -2.34. The van der Waals surface area contributed by atoms with E-state index in [0.29, 0.717) is 13.0 Å². The van der Waals surface area contributed by atoms with Crippen LogP contribution in [0.4, 0.5) is 4.39 Å². The highest BCUT2D eigenvalue weighted by molar-refractivity contribution is 7.89. The Hall–Kier alpha value is -2.00. The van der Waals surface area contributed by atoms with Gasteiger partial charge in [-0.3, -0.25) is 9.59 Å². The molecule has 1 saturated heterocycles. The van der Waals surface area contributed by atoms with Gasteiger partial charge in [0.1, 0.15) is 10.7 Å². The van der Waals surface area contributed by atoms with Gasteiger partial charge in [-0.05, 0) is 18.6 Å². The Balaban J connectivity index is 1.86. The van der Waals surface area contributed by atoms with Crippen molar-refractivity contribution in [2.24, 2.45) is 5.92 Å². The van der Waals surface area contributed by atoms with Crippen LogP contribution in [0.1, 0.15) is 12.8 Å². The average molecular weight is 344 g/mol. The molecule has 0 aliphatic carbocycles. The molecule has 1 fully saturated rings. The van der Waals surface area contributed by atoms with Crippen molar-refractivity contribution >= 4 is 21.9 Å². The quantitative estimate of drug-likeness (QED) is 0.779. The summed E-state index contributed by atoms with van der Waals surface area (Å²) < 4.78 is 39.5. The van der Waals surface area contributed by atoms with Gasteiger partial charge in [0.25, 0.3) is 0 Å². The molecule has 1 heterocycles. The number of carboxylic acids is 1. The summed E-state index contributed by atoms with van der Waals surface area (Å²) in [7, 11) is -4.02. The molecule has 2 rings (SSSR count). The largest absolute Gasteiger partial charge is 0.481 e. The summed E-state index contributed by atoms with van der Waals surface area (Å²) in [5.74, 6) is -2.71. The minimum absolute atomic E-state index is 0.111. The van der Waals surface area contributed by atoms with Gasteiger partial charge in [0.2, 0.25) is 15.9 Å². The summed E-state index contributed by atoms with van der Waals surface area (Å²) in [5, 5.41) is 8.88. The molecule has 9 heteroatoms. The molecule has 1 aliphatic rings. The number of halogens is 1. The van der Waals surface area contributed by atoms with Gasteiger partial charge in [-0.15, -0.1) is 0 Å². The Morgan fingerprint density at radius 2 is 2.04 bits per heavy atom. The molecule has 1 aromatic rings. The van der Waals surface area contributed by atoms with Crippen LogP contribution in [-0.2, 0) is 19.6 Å². The zero-order valence-corrected chi connectivity index (χ0v) is 13.1. The number of rotatable bonds is 6. The first-order chi connectivity index (χ1) is 10.8. The molecule has 126 valence electrons. The van der Waals surface area contributed by atoms with Crippen LogP contribution in [0.2, 0.25) is 0 Å². The highest BCUT2D eigenvalue weighted by atomic mass is 32.2. The Bertz CT molecular complexity index is 707. The third kappa shape index (κ3) is 4.26. The number of nitrogens with zero attached hydrogens (tertiary/aromatic N) is 1. The monoisotopic (exact) mass is 344 g/mol. The molecule has 1 atom stereocenters. The highest BCUT2D eigenvalue weighted by Crippen LogP contribution is 2.17. The number of carbonyl (C=O) groups is 2. The van der Waals surface area contributed by atoms with Gasteiger partial charge < -0.3 is 10.0 Å². The maximum Gasteiger partial charge on any atom is 0.308 e. The molecule has 2 N–H and O–H groups in total. The molecule has 0 aromatic heterocycles. The predicted octanol–water partition coefficient (Wildman–Crippen LogP) is 0.427. The number of hydrogen-bond donors (Lipinski definition) is 2. The first-order valence-electron chi connectivity index (χ1n) is 7.06. The molecule has 1 unspecified atom stereocenters. The fourth-order valence-corrected chi connectivity index (χ4v) is 3.49. The molecule has 0 bridgehead atoms. The van der Waals surface area contributed by atoms with Crippen LogP contribution in [0.15, 0.2) is 29.2 Å². The van der Waals surface area contributed by atoms with E-state index in [0.717, 1.165) is 12.1 Å². The van der Waals surface area contributed by atoms with E-state index < -0.39 is 32.6 Å². The number of benzene rings is 1. The lowest BCUT2D eigenvalue weighted by Gasteiger charge is -2.16. The summed E-state index contributed by atoms with van der Waals surface area (Å²) in [6.07, 6.45) is 0.280. The number of amides is 1. The molecule has 1 amide bonds. The molecule has 23 heavy (non-hydrogen) atoms. The normalized spacial score (nSPS) is 18.1. The van der Waals surface area contributed by atoms with Crippen LogP contribution >= 0.6 is 0 Å². The zero-order chi connectivity index (χ0) is 17.0. The standard InChI is InChI=1S/C14H17FN2O5S/c15-11-3-1-2-4-12(11)23(21,22)16-7-5-13(18)17-8-6-10(9-17)14(19)20/h1-4,10,16H,5-9H2,(H,19,20). The number of carbonyl (C=O) groups excluding carboxylic acids is 1. The van der Waals surface area contributed by atoms with Crippen molar-refractivity contribution in [3.05, 3.63) is 30.1 Å². The third-order valence-electron chi connectivity index (χ3n) is 3.65. The number of hydrogen-bond acceptors (Lipinski definition) is 4. The molecule has 0 saturated carbocycles. The average Bonchev–Trinajstić information content (AvgIpc) is 2.97. The summed E-state index contributed by atoms with van der Waals surface area (Å²) in [4.78, 5) is 23.7. The van der Waals surface area contributed by atoms with E-state index in [-0.39, 0.29) is 25.4 Å². The van der Waals surface area contributed by atoms with Gasteiger partial charge >= 0.3 is 5.97 Å². The lowest BCUT2D eigenvalue weighted by molar-refractivity contribution is -0.141. The number of carboxylic acid groups (broad SMARTS) is 1. The highest BCUT2D eigenvalue weighted by Gasteiger charge is 2.30. The molecule has 0 spiro atoms. The van der Waals surface area contributed by atoms with Crippen LogP contribution in [0.3, 0.4) is 0 Å². The van der Waals surface area contributed by atoms with Gasteiger partial charge in [0.05, 0.1) is 5.92 Å². The van der Waals surface area contributed by atoms with Crippen molar-refractivity contribution in [1.29, 1.82) is 0 Å². The second-order valence-electron chi connectivity index (χ2n) is 5.24. The van der Waals surface area contributed by atoms with Crippen molar-refractivity contribution in [1.82, 2.24) is 9.62 Å². The molecular weight excluding hydrogens is 327 g/mol. The first kappa shape index (κ1) is 17.4. The predicted molar refractivity (Wildman–Crippen MR) is 78.5 cm³/mol. The van der Waals surface area contributed by atoms with Crippen molar-refractivity contribution in [3.8, 4) is 0 Å². The van der Waals surface area contributed by atoms with Crippen molar-refractivity contribution < 1.29 is 27.5 Å². The number of likely N-dealkylation sites (tertiary alicyclic amines) is 1. The van der Waals surface area contributed by atoms with Crippen molar-refractivity contribution in [2.45, 2.75) is 17.7 Å². The summed E-state index contributed by atoms with van der Waals surface area (Å²) in [6.45, 7) is 0.299. The van der Waals surface area contributed by atoms with E-state index in [2.05, 4.69) is 4.72 Å². The van der Waals surface area contributed by atoms with E-state index in [1.165, 1.54) is 17.0 Å². The van der Waals surface area contributed by atoms with Gasteiger partial charge in [-0.2, -0.15) is 0 Å².